The number of hydrogen-bond donors (Lipinski definition) is 2. The number of hydrogen-bond acceptors (Lipinski definition) is 6. The number of nitrogens with zero attached hydrogens (tertiary/aromatic N) is 3. The molecule has 1 fully saturated rings. The van der Waals surface area contributed by atoms with Gasteiger partial charge in [-0.25, -0.2) is 4.79 Å². The number of urea groups is 1. The Morgan fingerprint density at radius 1 is 1.38 bits per heavy atom. The van der Waals surface area contributed by atoms with Crippen LogP contribution in [-0.2, 0) is 0 Å². The first-order chi connectivity index (χ1) is 11.8. The van der Waals surface area contributed by atoms with Crippen molar-refractivity contribution in [2.75, 3.05) is 32.1 Å². The van der Waals surface area contributed by atoms with Crippen molar-refractivity contribution in [1.29, 1.82) is 0 Å². The molecule has 0 bridgehead atoms. The maximum Gasteiger partial charge on any atom is 0.321 e. The highest BCUT2D eigenvalue weighted by molar-refractivity contribution is 7.13. The molecule has 1 aliphatic heterocycles. The number of aromatic nitrogens is 2. The van der Waals surface area contributed by atoms with E-state index in [0.29, 0.717) is 11.7 Å². The Morgan fingerprint density at radius 3 is 2.88 bits per heavy atom. The first-order valence-corrected chi connectivity index (χ1v) is 8.84. The summed E-state index contributed by atoms with van der Waals surface area (Å²) in [7, 11) is 1.68. The molecule has 2 N–H and O–H groups in total. The van der Waals surface area contributed by atoms with Crippen molar-refractivity contribution in [3.05, 3.63) is 35.3 Å². The van der Waals surface area contributed by atoms with Gasteiger partial charge in [-0.05, 0) is 32.0 Å². The van der Waals surface area contributed by atoms with E-state index in [1.54, 1.807) is 12.6 Å². The number of rotatable bonds is 6. The van der Waals surface area contributed by atoms with Gasteiger partial charge in [0.1, 0.15) is 11.3 Å². The highest BCUT2D eigenvalue weighted by Crippen LogP contribution is 2.31. The number of nitrogens with one attached hydrogen (secondary N) is 2. The van der Waals surface area contributed by atoms with E-state index in [9.17, 15) is 4.79 Å². The highest BCUT2D eigenvalue weighted by atomic mass is 32.1. The highest BCUT2D eigenvalue weighted by Gasteiger charge is 2.26. The summed E-state index contributed by atoms with van der Waals surface area (Å²) in [6.45, 7) is 2.57. The molecule has 2 aromatic rings. The molecular formula is C16H21N5O2S. The van der Waals surface area contributed by atoms with Crippen LogP contribution in [0, 0.1) is 0 Å². The van der Waals surface area contributed by atoms with Gasteiger partial charge >= 0.3 is 6.03 Å². The van der Waals surface area contributed by atoms with Gasteiger partial charge in [-0.2, -0.15) is 0 Å². The topological polar surface area (TPSA) is 79.4 Å². The van der Waals surface area contributed by atoms with E-state index in [4.69, 9.17) is 4.74 Å². The average Bonchev–Trinajstić information content (AvgIpc) is 3.29. The molecule has 7 nitrogen and oxygen atoms in total. The van der Waals surface area contributed by atoms with E-state index in [0.717, 1.165) is 24.4 Å². The van der Waals surface area contributed by atoms with Crippen LogP contribution < -0.4 is 15.4 Å². The smallest absolute Gasteiger partial charge is 0.321 e. The summed E-state index contributed by atoms with van der Waals surface area (Å²) in [6.07, 6.45) is 2.37. The number of methoxy groups -OCH3 is 1. The SMILES string of the molecule is COc1ccccc1C(CNC(=O)Nc1nncs1)N1CCCC1. The summed E-state index contributed by atoms with van der Waals surface area (Å²) >= 11 is 1.29. The van der Waals surface area contributed by atoms with Gasteiger partial charge in [0.05, 0.1) is 13.2 Å². The van der Waals surface area contributed by atoms with Crippen LogP contribution in [-0.4, -0.2) is 47.9 Å². The molecule has 0 aliphatic carbocycles. The van der Waals surface area contributed by atoms with E-state index in [2.05, 4.69) is 31.8 Å². The molecule has 1 aromatic heterocycles. The van der Waals surface area contributed by atoms with Crippen LogP contribution in [0.25, 0.3) is 0 Å². The van der Waals surface area contributed by atoms with E-state index >= 15 is 0 Å². The Kier molecular flexibility index (Phi) is 5.60. The Balaban J connectivity index is 1.69. The monoisotopic (exact) mass is 347 g/mol. The lowest BCUT2D eigenvalue weighted by atomic mass is 10.0. The van der Waals surface area contributed by atoms with Gasteiger partial charge in [0.25, 0.3) is 0 Å². The third kappa shape index (κ3) is 4.01. The van der Waals surface area contributed by atoms with Gasteiger partial charge in [-0.3, -0.25) is 10.2 Å². The second-order valence-electron chi connectivity index (χ2n) is 5.58. The summed E-state index contributed by atoms with van der Waals surface area (Å²) in [4.78, 5) is 14.5. The Hall–Kier alpha value is -2.19. The van der Waals surface area contributed by atoms with E-state index in [1.807, 2.05) is 18.2 Å². The molecule has 3 rings (SSSR count). The van der Waals surface area contributed by atoms with Gasteiger partial charge in [0.15, 0.2) is 0 Å². The first-order valence-electron chi connectivity index (χ1n) is 7.96. The van der Waals surface area contributed by atoms with Crippen LogP contribution in [0.4, 0.5) is 9.93 Å². The summed E-state index contributed by atoms with van der Waals surface area (Å²) in [6, 6.07) is 7.79. The van der Waals surface area contributed by atoms with Crippen LogP contribution in [0.15, 0.2) is 29.8 Å². The minimum atomic E-state index is -0.272. The Bertz CT molecular complexity index is 658. The third-order valence-corrected chi connectivity index (χ3v) is 4.72. The van der Waals surface area contributed by atoms with Crippen molar-refractivity contribution in [2.24, 2.45) is 0 Å². The number of para-hydroxylation sites is 1. The quantitative estimate of drug-likeness (QED) is 0.839. The van der Waals surface area contributed by atoms with Crippen LogP contribution in [0.2, 0.25) is 0 Å². The molecule has 2 amide bonds. The second-order valence-corrected chi connectivity index (χ2v) is 6.41. The number of likely N-dealkylation sites (tertiary alicyclic amines) is 1. The molecule has 24 heavy (non-hydrogen) atoms. The first kappa shape index (κ1) is 16.7. The zero-order valence-corrected chi connectivity index (χ0v) is 14.4. The van der Waals surface area contributed by atoms with Gasteiger partial charge < -0.3 is 10.1 Å². The summed E-state index contributed by atoms with van der Waals surface area (Å²) in [5.41, 5.74) is 2.68. The Labute approximate surface area is 145 Å². The number of carbonyl (C=O) groups is 1. The average molecular weight is 347 g/mol. The molecule has 0 radical (unpaired) electrons. The molecule has 1 aromatic carbocycles. The minimum absolute atomic E-state index is 0.0869. The number of anilines is 1. The fourth-order valence-electron chi connectivity index (χ4n) is 2.99. The third-order valence-electron chi connectivity index (χ3n) is 4.12. The molecule has 1 saturated heterocycles. The maximum absolute atomic E-state index is 12.1. The van der Waals surface area contributed by atoms with Crippen LogP contribution >= 0.6 is 11.3 Å². The van der Waals surface area contributed by atoms with Crippen molar-refractivity contribution in [3.8, 4) is 5.75 Å². The van der Waals surface area contributed by atoms with Gasteiger partial charge in [-0.1, -0.05) is 29.5 Å². The number of amides is 2. The summed E-state index contributed by atoms with van der Waals surface area (Å²) in [5, 5.41) is 13.6. The van der Waals surface area contributed by atoms with Gasteiger partial charge in [0.2, 0.25) is 5.13 Å². The van der Waals surface area contributed by atoms with Gasteiger partial charge in [-0.15, -0.1) is 10.2 Å². The van der Waals surface area contributed by atoms with E-state index < -0.39 is 0 Å². The van der Waals surface area contributed by atoms with Crippen LogP contribution in [0.1, 0.15) is 24.4 Å². The maximum atomic E-state index is 12.1. The molecule has 1 aliphatic rings. The number of carbonyl (C=O) groups excluding carboxylic acids is 1. The lowest BCUT2D eigenvalue weighted by Gasteiger charge is -2.29. The molecule has 2 heterocycles. The zero-order valence-electron chi connectivity index (χ0n) is 13.6. The number of ether oxygens (including phenoxy) is 1. The van der Waals surface area contributed by atoms with Crippen molar-refractivity contribution < 1.29 is 9.53 Å². The molecule has 128 valence electrons. The van der Waals surface area contributed by atoms with E-state index in [-0.39, 0.29) is 12.1 Å². The second kappa shape index (κ2) is 8.07. The minimum Gasteiger partial charge on any atom is -0.496 e. The Morgan fingerprint density at radius 2 is 2.17 bits per heavy atom. The lowest BCUT2D eigenvalue weighted by Crippen LogP contribution is -2.38. The zero-order chi connectivity index (χ0) is 16.8. The molecule has 1 unspecified atom stereocenters. The fourth-order valence-corrected chi connectivity index (χ4v) is 3.43. The van der Waals surface area contributed by atoms with Crippen LogP contribution in [0.3, 0.4) is 0 Å². The van der Waals surface area contributed by atoms with Crippen molar-refractivity contribution in [2.45, 2.75) is 18.9 Å². The largest absolute Gasteiger partial charge is 0.496 e. The fraction of sp³-hybridized carbons (Fsp3) is 0.438. The van der Waals surface area contributed by atoms with Crippen molar-refractivity contribution >= 4 is 22.5 Å². The molecule has 1 atom stereocenters. The summed E-state index contributed by atoms with van der Waals surface area (Å²) < 4.78 is 5.51. The molecular weight excluding hydrogens is 326 g/mol. The normalized spacial score (nSPS) is 15.9. The van der Waals surface area contributed by atoms with E-state index in [1.165, 1.54) is 24.2 Å². The lowest BCUT2D eigenvalue weighted by molar-refractivity contribution is 0.224. The summed E-state index contributed by atoms with van der Waals surface area (Å²) in [5.74, 6) is 0.848. The standard InChI is InChI=1S/C16H21N5O2S/c1-23-14-7-3-2-6-12(14)13(21-8-4-5-9-21)10-17-15(22)19-16-20-18-11-24-16/h2-3,6-7,11,13H,4-5,8-10H2,1H3,(H2,17,19,20,22). The predicted octanol–water partition coefficient (Wildman–Crippen LogP) is 2.51. The van der Waals surface area contributed by atoms with Crippen LogP contribution in [0.5, 0.6) is 5.75 Å². The number of benzene rings is 1. The van der Waals surface area contributed by atoms with Crippen molar-refractivity contribution in [1.82, 2.24) is 20.4 Å². The molecule has 0 saturated carbocycles. The molecule has 0 spiro atoms. The molecule has 8 heteroatoms. The van der Waals surface area contributed by atoms with Crippen molar-refractivity contribution in [3.63, 3.8) is 0 Å². The predicted molar refractivity (Wildman–Crippen MR) is 93.5 cm³/mol. The van der Waals surface area contributed by atoms with Gasteiger partial charge in [0, 0.05) is 12.1 Å².